The second-order valence-electron chi connectivity index (χ2n) is 13.2. The zero-order valence-corrected chi connectivity index (χ0v) is 26.3. The molecule has 250 valence electrons. The van der Waals surface area contributed by atoms with Crippen molar-refractivity contribution in [2.75, 3.05) is 59.5 Å². The lowest BCUT2D eigenvalue weighted by molar-refractivity contribution is -0.246. The molecule has 0 aromatic heterocycles. The predicted molar refractivity (Wildman–Crippen MR) is 155 cm³/mol. The summed E-state index contributed by atoms with van der Waals surface area (Å²) in [5, 5.41) is 37.9. The average molecular weight is 629 g/mol. The fourth-order valence-electron chi connectivity index (χ4n) is 8.60. The third-order valence-electron chi connectivity index (χ3n) is 10.4. The highest BCUT2D eigenvalue weighted by Gasteiger charge is 2.79. The van der Waals surface area contributed by atoms with E-state index in [4.69, 9.17) is 33.9 Å². The van der Waals surface area contributed by atoms with Crippen molar-refractivity contribution in [3.63, 3.8) is 0 Å². The summed E-state index contributed by atoms with van der Waals surface area (Å²) in [5.74, 6) is -2.46. The maximum atomic E-state index is 17.1. The highest BCUT2D eigenvalue weighted by molar-refractivity contribution is 6.01. The number of fused-ring (bicyclic) bond motifs is 7. The minimum atomic E-state index is -1.98. The summed E-state index contributed by atoms with van der Waals surface area (Å²) >= 11 is 0. The normalized spacial score (nSPS) is 39.8. The van der Waals surface area contributed by atoms with Crippen molar-refractivity contribution in [3.05, 3.63) is 23.8 Å². The summed E-state index contributed by atoms with van der Waals surface area (Å²) in [7, 11) is 0. The van der Waals surface area contributed by atoms with E-state index >= 15 is 4.39 Å². The lowest BCUT2D eigenvalue weighted by atomic mass is 9.44. The number of rotatable bonds is 12. The van der Waals surface area contributed by atoms with Crippen LogP contribution in [0.4, 0.5) is 4.39 Å². The Bertz CT molecular complexity index is 1100. The number of ether oxygens (including phenoxy) is 5. The van der Waals surface area contributed by atoms with E-state index in [9.17, 15) is 19.8 Å². The van der Waals surface area contributed by atoms with Gasteiger partial charge in [-0.1, -0.05) is 18.6 Å². The molecule has 3 saturated carbocycles. The molecule has 1 heterocycles. The molecule has 0 bridgehead atoms. The molecule has 4 fully saturated rings. The predicted octanol–water partition coefficient (Wildman–Crippen LogP) is 1.44. The second kappa shape index (κ2) is 13.6. The second-order valence-corrected chi connectivity index (χ2v) is 13.2. The molecular weight excluding hydrogens is 579 g/mol. The van der Waals surface area contributed by atoms with Gasteiger partial charge in [-0.15, -0.1) is 0 Å². The number of halogens is 1. The van der Waals surface area contributed by atoms with Crippen molar-refractivity contribution in [3.8, 4) is 0 Å². The number of hydrogen-bond donors (Lipinski definition) is 4. The SMILES string of the molecule is CC1(C)O[C@@H]2C[C@H]3[C@@H]4CCC5=CC(=O)C=C[C@]5(C)C4(F)[C@@H](O)C[C@]3(C)[C@]2(C(=O)CO)O1.OCCOCCOCCOCCO. The van der Waals surface area contributed by atoms with Gasteiger partial charge in [-0.3, -0.25) is 9.59 Å². The van der Waals surface area contributed by atoms with E-state index in [-0.39, 0.29) is 31.3 Å². The number of carbonyl (C=O) groups is 2. The topological polar surface area (TPSA) is 161 Å². The molecule has 0 aromatic rings. The number of carbonyl (C=O) groups excluding carboxylic acids is 2. The van der Waals surface area contributed by atoms with Crippen LogP contribution in [0.15, 0.2) is 23.8 Å². The Morgan fingerprint density at radius 3 is 2.14 bits per heavy atom. The molecule has 0 aromatic carbocycles. The van der Waals surface area contributed by atoms with Crippen LogP contribution in [0.5, 0.6) is 0 Å². The maximum Gasteiger partial charge on any atom is 0.193 e. The van der Waals surface area contributed by atoms with Gasteiger partial charge in [-0.2, -0.15) is 0 Å². The molecule has 44 heavy (non-hydrogen) atoms. The molecule has 11 nitrogen and oxygen atoms in total. The zero-order valence-electron chi connectivity index (χ0n) is 26.3. The average Bonchev–Trinajstić information content (AvgIpc) is 3.38. The van der Waals surface area contributed by atoms with Crippen LogP contribution < -0.4 is 0 Å². The van der Waals surface area contributed by atoms with Crippen LogP contribution in [0.3, 0.4) is 0 Å². The lowest BCUT2D eigenvalue weighted by Gasteiger charge is -2.62. The van der Waals surface area contributed by atoms with Gasteiger partial charge < -0.3 is 44.1 Å². The Kier molecular flexibility index (Phi) is 10.9. The Balaban J connectivity index is 0.000000289. The van der Waals surface area contributed by atoms with E-state index in [1.54, 1.807) is 26.8 Å². The summed E-state index contributed by atoms with van der Waals surface area (Å²) in [4.78, 5) is 25.1. The molecular formula is C32H49FO11. The minimum Gasteiger partial charge on any atom is -0.394 e. The maximum absolute atomic E-state index is 17.1. The molecule has 0 radical (unpaired) electrons. The number of aliphatic hydroxyl groups excluding tert-OH is 4. The number of ketones is 2. The van der Waals surface area contributed by atoms with Crippen molar-refractivity contribution >= 4 is 11.6 Å². The molecule has 8 atom stereocenters. The summed E-state index contributed by atoms with van der Waals surface area (Å²) in [6.45, 7) is 9.18. The van der Waals surface area contributed by atoms with E-state index < -0.39 is 58.4 Å². The minimum absolute atomic E-state index is 0.0109. The molecule has 5 rings (SSSR count). The van der Waals surface area contributed by atoms with Crippen LogP contribution in [0, 0.1) is 22.7 Å². The molecule has 0 amide bonds. The van der Waals surface area contributed by atoms with E-state index in [0.29, 0.717) is 58.9 Å². The van der Waals surface area contributed by atoms with Gasteiger partial charge in [0.1, 0.15) is 6.61 Å². The third-order valence-corrected chi connectivity index (χ3v) is 10.4. The summed E-state index contributed by atoms with van der Waals surface area (Å²) in [6.07, 6.45) is 4.00. The first-order chi connectivity index (χ1) is 20.8. The van der Waals surface area contributed by atoms with Crippen molar-refractivity contribution in [1.29, 1.82) is 0 Å². The van der Waals surface area contributed by atoms with Gasteiger partial charge in [0.25, 0.3) is 0 Å². The van der Waals surface area contributed by atoms with E-state index in [0.717, 1.165) is 5.57 Å². The number of Topliss-reactive ketones (excluding diaryl/α,β-unsaturated/α-hetero) is 1. The number of alkyl halides is 1. The third kappa shape index (κ3) is 5.86. The van der Waals surface area contributed by atoms with Gasteiger partial charge in [0, 0.05) is 16.7 Å². The van der Waals surface area contributed by atoms with Gasteiger partial charge in [-0.25, -0.2) is 4.39 Å². The van der Waals surface area contributed by atoms with Crippen molar-refractivity contribution in [2.24, 2.45) is 22.7 Å². The van der Waals surface area contributed by atoms with Gasteiger partial charge in [-0.05, 0) is 64.5 Å². The van der Waals surface area contributed by atoms with Gasteiger partial charge >= 0.3 is 0 Å². The van der Waals surface area contributed by atoms with Crippen molar-refractivity contribution in [2.45, 2.75) is 82.6 Å². The Hall–Kier alpha value is -1.61. The van der Waals surface area contributed by atoms with Crippen LogP contribution in [0.1, 0.15) is 53.4 Å². The summed E-state index contributed by atoms with van der Waals surface area (Å²) in [5.41, 5.74) is -4.66. The van der Waals surface area contributed by atoms with Crippen molar-refractivity contribution in [1.82, 2.24) is 0 Å². The highest BCUT2D eigenvalue weighted by Crippen LogP contribution is 2.72. The van der Waals surface area contributed by atoms with Crippen molar-refractivity contribution < 1.29 is 58.1 Å². The fraction of sp³-hybridized carbons (Fsp3) is 0.812. The van der Waals surface area contributed by atoms with E-state index in [2.05, 4.69) is 0 Å². The van der Waals surface area contributed by atoms with Crippen LogP contribution in [0.2, 0.25) is 0 Å². The number of aliphatic hydroxyl groups is 4. The number of allylic oxidation sites excluding steroid dienone is 4. The molecule has 1 aliphatic heterocycles. The molecule has 5 aliphatic rings. The van der Waals surface area contributed by atoms with E-state index in [1.165, 1.54) is 12.2 Å². The highest BCUT2D eigenvalue weighted by atomic mass is 19.1. The molecule has 4 N–H and O–H groups in total. The Morgan fingerprint density at radius 2 is 1.57 bits per heavy atom. The monoisotopic (exact) mass is 628 g/mol. The van der Waals surface area contributed by atoms with Gasteiger partial charge in [0.05, 0.1) is 65.1 Å². The largest absolute Gasteiger partial charge is 0.394 e. The van der Waals surface area contributed by atoms with E-state index in [1.807, 2.05) is 6.92 Å². The molecule has 1 saturated heterocycles. The fourth-order valence-corrected chi connectivity index (χ4v) is 8.60. The molecule has 4 aliphatic carbocycles. The van der Waals surface area contributed by atoms with Crippen LogP contribution >= 0.6 is 0 Å². The lowest BCUT2D eigenvalue weighted by Crippen LogP contribution is -2.70. The number of hydrogen-bond acceptors (Lipinski definition) is 11. The van der Waals surface area contributed by atoms with Crippen LogP contribution in [-0.4, -0.2) is 121 Å². The first-order valence-corrected chi connectivity index (χ1v) is 15.6. The summed E-state index contributed by atoms with van der Waals surface area (Å²) < 4.78 is 44.5. The zero-order chi connectivity index (χ0) is 32.4. The molecule has 0 spiro atoms. The summed E-state index contributed by atoms with van der Waals surface area (Å²) in [6, 6.07) is 0. The van der Waals surface area contributed by atoms with Crippen LogP contribution in [0.25, 0.3) is 0 Å². The standard InChI is InChI=1S/C24H31FO6.C8H18O5/c1-20(2)30-19-10-16-15-6-5-13-9-14(27)7-8-21(13,3)23(15,25)17(28)11-22(16,4)24(19,31-20)18(29)12-26;9-1-3-11-5-7-13-8-6-12-4-2-10/h7-9,15-17,19,26,28H,5-6,10-12H2,1-4H3;9-10H,1-8H2/t15-,16-,17-,19+,21-,22-,23?,24+;/m0./s1. The Morgan fingerprint density at radius 1 is 0.977 bits per heavy atom. The quantitative estimate of drug-likeness (QED) is 0.232. The molecule has 12 heteroatoms. The first-order valence-electron chi connectivity index (χ1n) is 15.6. The van der Waals surface area contributed by atoms with Gasteiger partial charge in [0.15, 0.2) is 28.6 Å². The first kappa shape index (κ1) is 35.2. The van der Waals surface area contributed by atoms with Gasteiger partial charge in [0.2, 0.25) is 0 Å². The van der Waals surface area contributed by atoms with Crippen LogP contribution in [-0.2, 0) is 33.3 Å². The smallest absolute Gasteiger partial charge is 0.193 e. The Labute approximate surface area is 258 Å². The molecule has 1 unspecified atom stereocenters.